The average Bonchev–Trinajstić information content (AvgIpc) is 2.64. The fourth-order valence-electron chi connectivity index (χ4n) is 2.77. The second-order valence-corrected chi connectivity index (χ2v) is 5.12. The van der Waals surface area contributed by atoms with Crippen LogP contribution >= 0.6 is 0 Å². The predicted molar refractivity (Wildman–Crippen MR) is 62.5 cm³/mol. The molecule has 0 radical (unpaired) electrons. The molecule has 0 bridgehead atoms. The topological polar surface area (TPSA) is 43.8 Å². The first-order chi connectivity index (χ1) is 7.68. The number of hydrogen-bond donors (Lipinski definition) is 1. The second-order valence-electron chi connectivity index (χ2n) is 5.12. The lowest BCUT2D eigenvalue weighted by atomic mass is 9.79. The molecule has 1 aliphatic carbocycles. The first-order valence-corrected chi connectivity index (χ1v) is 6.34. The lowest BCUT2D eigenvalue weighted by Gasteiger charge is -2.40. The predicted octanol–water partition coefficient (Wildman–Crippen LogP) is 0.877. The zero-order chi connectivity index (χ0) is 11.5. The van der Waals surface area contributed by atoms with Crippen molar-refractivity contribution in [2.45, 2.75) is 31.7 Å². The van der Waals surface area contributed by atoms with Crippen LogP contribution in [0.15, 0.2) is 0 Å². The van der Waals surface area contributed by atoms with Gasteiger partial charge in [-0.2, -0.15) is 0 Å². The highest BCUT2D eigenvalue weighted by Gasteiger charge is 2.38. The largest absolute Gasteiger partial charge is 0.481 e. The van der Waals surface area contributed by atoms with E-state index in [1.165, 1.54) is 25.9 Å². The highest BCUT2D eigenvalue weighted by atomic mass is 16.4. The third-order valence-corrected chi connectivity index (χ3v) is 4.09. The van der Waals surface area contributed by atoms with Crippen molar-refractivity contribution < 1.29 is 9.90 Å². The lowest BCUT2D eigenvalue weighted by Crippen LogP contribution is -2.50. The molecule has 0 aromatic rings. The van der Waals surface area contributed by atoms with E-state index in [1.807, 2.05) is 0 Å². The van der Waals surface area contributed by atoms with Gasteiger partial charge in [-0.1, -0.05) is 0 Å². The van der Waals surface area contributed by atoms with Crippen LogP contribution in [0.1, 0.15) is 25.7 Å². The Morgan fingerprint density at radius 2 is 2.06 bits per heavy atom. The maximum atomic E-state index is 10.9. The molecular formula is C12H22N2O2. The number of aliphatic carboxylic acids is 1. The molecule has 0 aromatic carbocycles. The van der Waals surface area contributed by atoms with Crippen LogP contribution in [0.4, 0.5) is 0 Å². The smallest absolute Gasteiger partial charge is 0.308 e. The Bertz CT molecular complexity index is 251. The third-order valence-electron chi connectivity index (χ3n) is 4.09. The van der Waals surface area contributed by atoms with E-state index in [2.05, 4.69) is 16.8 Å². The van der Waals surface area contributed by atoms with Gasteiger partial charge in [-0.15, -0.1) is 0 Å². The van der Waals surface area contributed by atoms with Crippen LogP contribution < -0.4 is 0 Å². The van der Waals surface area contributed by atoms with Gasteiger partial charge < -0.3 is 14.9 Å². The highest BCUT2D eigenvalue weighted by Crippen LogP contribution is 2.31. The van der Waals surface area contributed by atoms with Gasteiger partial charge >= 0.3 is 5.97 Å². The van der Waals surface area contributed by atoms with Crippen molar-refractivity contribution >= 4 is 5.97 Å². The Morgan fingerprint density at radius 3 is 2.56 bits per heavy atom. The summed E-state index contributed by atoms with van der Waals surface area (Å²) in [6.07, 6.45) is 4.55. The van der Waals surface area contributed by atoms with Crippen LogP contribution in [0.2, 0.25) is 0 Å². The van der Waals surface area contributed by atoms with E-state index in [-0.39, 0.29) is 12.0 Å². The number of carbonyl (C=O) groups is 1. The molecule has 1 saturated heterocycles. The van der Waals surface area contributed by atoms with Gasteiger partial charge in [-0.05, 0) is 45.8 Å². The van der Waals surface area contributed by atoms with E-state index >= 15 is 0 Å². The van der Waals surface area contributed by atoms with Crippen LogP contribution in [0.5, 0.6) is 0 Å². The van der Waals surface area contributed by atoms with Crippen LogP contribution in [-0.2, 0) is 4.79 Å². The molecule has 0 aromatic heterocycles. The van der Waals surface area contributed by atoms with Gasteiger partial charge in [0, 0.05) is 19.1 Å². The number of nitrogens with zero attached hydrogens (tertiary/aromatic N) is 2. The van der Waals surface area contributed by atoms with Crippen molar-refractivity contribution in [3.63, 3.8) is 0 Å². The molecule has 2 fully saturated rings. The van der Waals surface area contributed by atoms with Crippen LogP contribution in [0, 0.1) is 5.92 Å². The summed E-state index contributed by atoms with van der Waals surface area (Å²) in [4.78, 5) is 15.6. The summed E-state index contributed by atoms with van der Waals surface area (Å²) in [5.41, 5.74) is 0. The van der Waals surface area contributed by atoms with Crippen molar-refractivity contribution in [2.24, 2.45) is 5.92 Å². The number of carboxylic acid groups (broad SMARTS) is 1. The summed E-state index contributed by atoms with van der Waals surface area (Å²) >= 11 is 0. The van der Waals surface area contributed by atoms with E-state index < -0.39 is 5.97 Å². The molecule has 4 nitrogen and oxygen atoms in total. The molecule has 16 heavy (non-hydrogen) atoms. The summed E-state index contributed by atoms with van der Waals surface area (Å²) in [5, 5.41) is 9.00. The number of rotatable bonds is 5. The van der Waals surface area contributed by atoms with Crippen molar-refractivity contribution in [1.29, 1.82) is 0 Å². The summed E-state index contributed by atoms with van der Waals surface area (Å²) in [6, 6.07) is 0.278. The third kappa shape index (κ3) is 2.55. The Labute approximate surface area is 97.2 Å². The molecule has 2 unspecified atom stereocenters. The molecule has 2 atom stereocenters. The van der Waals surface area contributed by atoms with E-state index in [9.17, 15) is 4.79 Å². The molecular weight excluding hydrogens is 204 g/mol. The van der Waals surface area contributed by atoms with Gasteiger partial charge in [0.25, 0.3) is 0 Å². The molecule has 4 heteroatoms. The Morgan fingerprint density at radius 1 is 1.38 bits per heavy atom. The molecule has 2 rings (SSSR count). The molecule has 0 amide bonds. The zero-order valence-corrected chi connectivity index (χ0v) is 10.1. The average molecular weight is 226 g/mol. The normalized spacial score (nSPS) is 30.6. The molecule has 1 N–H and O–H groups in total. The summed E-state index contributed by atoms with van der Waals surface area (Å²) in [6.45, 7) is 4.55. The molecule has 1 heterocycles. The zero-order valence-electron chi connectivity index (χ0n) is 10.1. The Hall–Kier alpha value is -0.610. The van der Waals surface area contributed by atoms with Gasteiger partial charge in [-0.3, -0.25) is 4.79 Å². The number of hydrogen-bond acceptors (Lipinski definition) is 3. The molecule has 92 valence electrons. The molecule has 0 spiro atoms. The first kappa shape index (κ1) is 11.9. The van der Waals surface area contributed by atoms with Gasteiger partial charge in [-0.25, -0.2) is 0 Å². The van der Waals surface area contributed by atoms with E-state index in [1.54, 1.807) is 0 Å². The standard InChI is InChI=1S/C12H22N2O2/c1-13(8-9-14-6-2-3-7-14)11-5-4-10(11)12(15)16/h10-11H,2-9H2,1H3,(H,15,16). The van der Waals surface area contributed by atoms with E-state index in [0.29, 0.717) is 0 Å². The monoisotopic (exact) mass is 226 g/mol. The summed E-state index contributed by atoms with van der Waals surface area (Å²) in [7, 11) is 2.07. The van der Waals surface area contributed by atoms with Crippen molar-refractivity contribution in [3.8, 4) is 0 Å². The summed E-state index contributed by atoms with van der Waals surface area (Å²) in [5.74, 6) is -0.743. The Kier molecular flexibility index (Phi) is 3.82. The maximum Gasteiger partial charge on any atom is 0.308 e. The molecule has 1 aliphatic heterocycles. The maximum absolute atomic E-state index is 10.9. The fourth-order valence-corrected chi connectivity index (χ4v) is 2.77. The van der Waals surface area contributed by atoms with Gasteiger partial charge in [0.05, 0.1) is 5.92 Å². The highest BCUT2D eigenvalue weighted by molar-refractivity contribution is 5.72. The van der Waals surface area contributed by atoms with Crippen molar-refractivity contribution in [3.05, 3.63) is 0 Å². The SMILES string of the molecule is CN(CCN1CCCC1)C1CCC1C(=O)O. The fraction of sp³-hybridized carbons (Fsp3) is 0.917. The van der Waals surface area contributed by atoms with Gasteiger partial charge in [0.15, 0.2) is 0 Å². The first-order valence-electron chi connectivity index (χ1n) is 6.34. The molecule has 2 aliphatic rings. The van der Waals surface area contributed by atoms with Gasteiger partial charge in [0.1, 0.15) is 0 Å². The number of carboxylic acids is 1. The van der Waals surface area contributed by atoms with Crippen molar-refractivity contribution in [2.75, 3.05) is 33.2 Å². The minimum absolute atomic E-state index is 0.122. The van der Waals surface area contributed by atoms with Gasteiger partial charge in [0.2, 0.25) is 0 Å². The number of likely N-dealkylation sites (tertiary alicyclic amines) is 1. The van der Waals surface area contributed by atoms with Crippen LogP contribution in [-0.4, -0.2) is 60.1 Å². The molecule has 1 saturated carbocycles. The van der Waals surface area contributed by atoms with Crippen LogP contribution in [0.3, 0.4) is 0 Å². The second kappa shape index (κ2) is 5.15. The Balaban J connectivity index is 1.70. The van der Waals surface area contributed by atoms with Crippen molar-refractivity contribution in [1.82, 2.24) is 9.80 Å². The quantitative estimate of drug-likeness (QED) is 0.755. The lowest BCUT2D eigenvalue weighted by molar-refractivity contribution is -0.148. The van der Waals surface area contributed by atoms with E-state index in [0.717, 1.165) is 25.9 Å². The van der Waals surface area contributed by atoms with E-state index in [4.69, 9.17) is 5.11 Å². The number of likely N-dealkylation sites (N-methyl/N-ethyl adjacent to an activating group) is 1. The van der Waals surface area contributed by atoms with Crippen LogP contribution in [0.25, 0.3) is 0 Å². The minimum Gasteiger partial charge on any atom is -0.481 e. The minimum atomic E-state index is -0.621. The summed E-state index contributed by atoms with van der Waals surface area (Å²) < 4.78 is 0.